The molecular formula is C22H16BrN3O4. The predicted octanol–water partition coefficient (Wildman–Crippen LogP) is 4.51. The molecule has 0 aliphatic carbocycles. The summed E-state index contributed by atoms with van der Waals surface area (Å²) in [7, 11) is 0. The van der Waals surface area contributed by atoms with Crippen LogP contribution in [0.2, 0.25) is 0 Å². The third-order valence-electron chi connectivity index (χ3n) is 4.47. The van der Waals surface area contributed by atoms with Gasteiger partial charge in [0.2, 0.25) is 5.76 Å². The van der Waals surface area contributed by atoms with Gasteiger partial charge in [-0.3, -0.25) is 4.79 Å². The summed E-state index contributed by atoms with van der Waals surface area (Å²) in [4.78, 5) is 23.3. The average molecular weight is 466 g/mol. The molecule has 2 aromatic carbocycles. The number of para-hydroxylation sites is 1. The summed E-state index contributed by atoms with van der Waals surface area (Å²) < 4.78 is 8.12. The molecule has 8 heteroatoms. The highest BCUT2D eigenvalue weighted by atomic mass is 79.9. The number of carbonyl (C=O) groups is 2. The maximum absolute atomic E-state index is 12.2. The second-order valence-electron chi connectivity index (χ2n) is 6.51. The van der Waals surface area contributed by atoms with Crippen LogP contribution < -0.4 is 5.43 Å². The zero-order valence-electron chi connectivity index (χ0n) is 15.6. The lowest BCUT2D eigenvalue weighted by Crippen LogP contribution is -2.17. The Hall–Kier alpha value is -3.65. The molecule has 2 heterocycles. The number of halogens is 1. The van der Waals surface area contributed by atoms with E-state index < -0.39 is 5.97 Å². The fourth-order valence-corrected chi connectivity index (χ4v) is 3.51. The molecule has 0 aliphatic rings. The molecule has 0 spiro atoms. The van der Waals surface area contributed by atoms with Crippen molar-refractivity contribution >= 4 is 44.9 Å². The van der Waals surface area contributed by atoms with E-state index in [9.17, 15) is 9.59 Å². The molecular weight excluding hydrogens is 450 g/mol. The molecule has 150 valence electrons. The van der Waals surface area contributed by atoms with Gasteiger partial charge in [0.05, 0.1) is 12.8 Å². The number of benzene rings is 2. The van der Waals surface area contributed by atoms with Gasteiger partial charge in [0.25, 0.3) is 5.91 Å². The van der Waals surface area contributed by atoms with Crippen molar-refractivity contribution in [3.8, 4) is 0 Å². The number of hydrogen-bond donors (Lipinski definition) is 2. The van der Waals surface area contributed by atoms with Crippen LogP contribution in [0.4, 0.5) is 0 Å². The molecule has 0 aliphatic heterocycles. The Balaban J connectivity index is 1.56. The van der Waals surface area contributed by atoms with E-state index in [0.29, 0.717) is 17.9 Å². The van der Waals surface area contributed by atoms with Crippen molar-refractivity contribution < 1.29 is 19.1 Å². The number of furan rings is 1. The van der Waals surface area contributed by atoms with Gasteiger partial charge < -0.3 is 14.1 Å². The molecule has 2 aromatic heterocycles. The van der Waals surface area contributed by atoms with Gasteiger partial charge in [-0.15, -0.1) is 0 Å². The van der Waals surface area contributed by atoms with Crippen LogP contribution in [0.5, 0.6) is 0 Å². The summed E-state index contributed by atoms with van der Waals surface area (Å²) in [5.41, 5.74) is 4.77. The maximum atomic E-state index is 12.2. The van der Waals surface area contributed by atoms with Gasteiger partial charge in [-0.2, -0.15) is 5.10 Å². The Labute approximate surface area is 179 Å². The Morgan fingerprint density at radius 1 is 1.13 bits per heavy atom. The zero-order chi connectivity index (χ0) is 21.1. The van der Waals surface area contributed by atoms with Crippen LogP contribution in [0.1, 0.15) is 32.2 Å². The largest absolute Gasteiger partial charge is 0.475 e. The van der Waals surface area contributed by atoms with E-state index in [0.717, 1.165) is 20.9 Å². The first-order valence-electron chi connectivity index (χ1n) is 9.00. The number of amides is 1. The average Bonchev–Trinajstić information content (AvgIpc) is 3.34. The number of nitrogens with one attached hydrogen (secondary N) is 1. The third-order valence-corrected chi connectivity index (χ3v) is 4.97. The first kappa shape index (κ1) is 19.7. The summed E-state index contributed by atoms with van der Waals surface area (Å²) in [5.74, 6) is -0.987. The van der Waals surface area contributed by atoms with Crippen molar-refractivity contribution in [2.24, 2.45) is 5.10 Å². The van der Waals surface area contributed by atoms with Crippen LogP contribution in [0.15, 0.2) is 80.9 Å². The van der Waals surface area contributed by atoms with E-state index in [1.54, 1.807) is 30.5 Å². The Kier molecular flexibility index (Phi) is 5.49. The van der Waals surface area contributed by atoms with Crippen LogP contribution in [0.25, 0.3) is 10.9 Å². The molecule has 4 aromatic rings. The highest BCUT2D eigenvalue weighted by Crippen LogP contribution is 2.22. The first-order valence-corrected chi connectivity index (χ1v) is 9.79. The lowest BCUT2D eigenvalue weighted by Gasteiger charge is -2.02. The molecule has 0 fully saturated rings. The molecule has 30 heavy (non-hydrogen) atoms. The minimum Gasteiger partial charge on any atom is -0.475 e. The second-order valence-corrected chi connectivity index (χ2v) is 7.43. The predicted molar refractivity (Wildman–Crippen MR) is 116 cm³/mol. The molecule has 0 atom stereocenters. The number of aromatic nitrogens is 1. The normalized spacial score (nSPS) is 11.2. The number of rotatable bonds is 6. The minimum absolute atomic E-state index is 0.0986. The molecule has 2 N–H and O–H groups in total. The van der Waals surface area contributed by atoms with Crippen LogP contribution >= 0.6 is 15.9 Å². The second kappa shape index (κ2) is 8.38. The fourth-order valence-electron chi connectivity index (χ4n) is 3.11. The van der Waals surface area contributed by atoms with E-state index in [2.05, 4.69) is 26.5 Å². The molecule has 0 saturated heterocycles. The van der Waals surface area contributed by atoms with E-state index in [1.807, 2.05) is 41.1 Å². The van der Waals surface area contributed by atoms with Gasteiger partial charge in [-0.25, -0.2) is 10.2 Å². The van der Waals surface area contributed by atoms with Crippen molar-refractivity contribution in [2.75, 3.05) is 0 Å². The Morgan fingerprint density at radius 2 is 1.97 bits per heavy atom. The lowest BCUT2D eigenvalue weighted by molar-refractivity contribution is 0.0660. The standard InChI is InChI=1S/C22H16BrN3O4/c23-16-5-3-4-14(10-16)21(27)25-24-11-15-12-26(19-7-2-1-6-18(15)19)13-17-8-9-20(30-17)22(28)29/h1-12H,13H2,(H,25,27)(H,28,29). The van der Waals surface area contributed by atoms with Gasteiger partial charge >= 0.3 is 5.97 Å². The number of fused-ring (bicyclic) bond motifs is 1. The van der Waals surface area contributed by atoms with Crippen molar-refractivity contribution in [1.82, 2.24) is 9.99 Å². The van der Waals surface area contributed by atoms with Gasteiger partial charge in [0, 0.05) is 32.7 Å². The highest BCUT2D eigenvalue weighted by Gasteiger charge is 2.12. The van der Waals surface area contributed by atoms with Gasteiger partial charge in [0.1, 0.15) is 5.76 Å². The molecule has 7 nitrogen and oxygen atoms in total. The smallest absolute Gasteiger partial charge is 0.371 e. The van der Waals surface area contributed by atoms with E-state index in [4.69, 9.17) is 9.52 Å². The monoisotopic (exact) mass is 465 g/mol. The number of carboxylic acid groups (broad SMARTS) is 1. The Bertz CT molecular complexity index is 1270. The minimum atomic E-state index is -1.10. The van der Waals surface area contributed by atoms with Crippen molar-refractivity contribution in [1.29, 1.82) is 0 Å². The van der Waals surface area contributed by atoms with Crippen LogP contribution in [-0.2, 0) is 6.54 Å². The number of carbonyl (C=O) groups excluding carboxylic acids is 1. The van der Waals surface area contributed by atoms with Gasteiger partial charge in [-0.05, 0) is 36.4 Å². The van der Waals surface area contributed by atoms with E-state index >= 15 is 0 Å². The van der Waals surface area contributed by atoms with E-state index in [1.165, 1.54) is 6.07 Å². The highest BCUT2D eigenvalue weighted by molar-refractivity contribution is 9.10. The third kappa shape index (κ3) is 4.18. The lowest BCUT2D eigenvalue weighted by atomic mass is 10.2. The summed E-state index contributed by atoms with van der Waals surface area (Å²) in [5, 5.41) is 14.1. The Morgan fingerprint density at radius 3 is 2.73 bits per heavy atom. The summed E-state index contributed by atoms with van der Waals surface area (Å²) in [6.07, 6.45) is 3.46. The van der Waals surface area contributed by atoms with Gasteiger partial charge in [-0.1, -0.05) is 40.2 Å². The van der Waals surface area contributed by atoms with Crippen molar-refractivity contribution in [2.45, 2.75) is 6.54 Å². The SMILES string of the molecule is O=C(NN=Cc1cn(Cc2ccc(C(=O)O)o2)c2ccccc12)c1cccc(Br)c1. The van der Waals surface area contributed by atoms with E-state index in [-0.39, 0.29) is 11.7 Å². The molecule has 1 amide bonds. The maximum Gasteiger partial charge on any atom is 0.371 e. The van der Waals surface area contributed by atoms with Crippen LogP contribution in [0, 0.1) is 0 Å². The van der Waals surface area contributed by atoms with Crippen molar-refractivity contribution in [3.63, 3.8) is 0 Å². The number of hydrazone groups is 1. The first-order chi connectivity index (χ1) is 14.5. The quantitative estimate of drug-likeness (QED) is 0.323. The molecule has 0 unspecified atom stereocenters. The van der Waals surface area contributed by atoms with Crippen molar-refractivity contribution in [3.05, 3.63) is 94.0 Å². The number of aromatic carboxylic acids is 1. The molecule has 0 bridgehead atoms. The van der Waals surface area contributed by atoms with Crippen LogP contribution in [-0.4, -0.2) is 27.8 Å². The zero-order valence-corrected chi connectivity index (χ0v) is 17.2. The number of carboxylic acids is 1. The molecule has 4 rings (SSSR count). The summed E-state index contributed by atoms with van der Waals surface area (Å²) in [6.45, 7) is 0.367. The molecule has 0 radical (unpaired) electrons. The van der Waals surface area contributed by atoms with Crippen LogP contribution in [0.3, 0.4) is 0 Å². The molecule has 0 saturated carbocycles. The summed E-state index contributed by atoms with van der Waals surface area (Å²) in [6, 6.07) is 17.9. The topological polar surface area (TPSA) is 96.8 Å². The number of nitrogens with zero attached hydrogens (tertiary/aromatic N) is 2. The fraction of sp³-hybridized carbons (Fsp3) is 0.0455. The number of hydrogen-bond acceptors (Lipinski definition) is 4. The van der Waals surface area contributed by atoms with Gasteiger partial charge in [0.15, 0.2) is 0 Å². The summed E-state index contributed by atoms with van der Waals surface area (Å²) >= 11 is 3.34.